The maximum atomic E-state index is 5.57. The summed E-state index contributed by atoms with van der Waals surface area (Å²) in [5, 5.41) is 2.13. The van der Waals surface area contributed by atoms with Gasteiger partial charge in [-0.3, -0.25) is 0 Å². The van der Waals surface area contributed by atoms with Gasteiger partial charge in [0.15, 0.2) is 0 Å². The molecule has 74 valence electrons. The van der Waals surface area contributed by atoms with Crippen molar-refractivity contribution in [1.29, 1.82) is 0 Å². The van der Waals surface area contributed by atoms with Gasteiger partial charge < -0.3 is 5.73 Å². The summed E-state index contributed by atoms with van der Waals surface area (Å²) in [6.07, 6.45) is 2.21. The molecule has 1 rings (SSSR count). The highest BCUT2D eigenvalue weighted by molar-refractivity contribution is 9.10. The van der Waals surface area contributed by atoms with Crippen LogP contribution in [0.3, 0.4) is 0 Å². The zero-order valence-electron chi connectivity index (χ0n) is 8.14. The van der Waals surface area contributed by atoms with E-state index in [9.17, 15) is 0 Å². The fourth-order valence-corrected chi connectivity index (χ4v) is 3.11. The molecule has 1 aromatic heterocycles. The van der Waals surface area contributed by atoms with E-state index in [1.54, 1.807) is 0 Å². The van der Waals surface area contributed by atoms with Gasteiger partial charge in [0.05, 0.1) is 0 Å². The fraction of sp³-hybridized carbons (Fsp3) is 0.600. The monoisotopic (exact) mass is 261 g/mol. The number of nitrogens with two attached hydrogens (primary N) is 1. The Hall–Kier alpha value is 0.140. The van der Waals surface area contributed by atoms with Crippen molar-refractivity contribution in [2.24, 2.45) is 11.1 Å². The molecule has 0 amide bonds. The molecule has 0 saturated carbocycles. The Balaban J connectivity index is 2.57. The molecule has 1 heterocycles. The van der Waals surface area contributed by atoms with Crippen molar-refractivity contribution in [3.63, 3.8) is 0 Å². The van der Waals surface area contributed by atoms with Gasteiger partial charge in [-0.1, -0.05) is 13.8 Å². The number of halogens is 1. The van der Waals surface area contributed by atoms with Crippen LogP contribution in [0.15, 0.2) is 15.9 Å². The largest absolute Gasteiger partial charge is 0.330 e. The third kappa shape index (κ3) is 3.79. The lowest BCUT2D eigenvalue weighted by molar-refractivity contribution is 0.341. The number of rotatable bonds is 4. The second-order valence-corrected chi connectivity index (χ2v) is 6.02. The first-order valence-electron chi connectivity index (χ1n) is 4.46. The lowest BCUT2D eigenvalue weighted by Gasteiger charge is -2.22. The first-order chi connectivity index (χ1) is 6.03. The van der Waals surface area contributed by atoms with Crippen LogP contribution in [0.1, 0.15) is 25.1 Å². The molecule has 0 aliphatic carbocycles. The van der Waals surface area contributed by atoms with Crippen LogP contribution in [0.4, 0.5) is 0 Å². The SMILES string of the molecule is CC(C)(CCN)Cc1cc(Br)cs1. The van der Waals surface area contributed by atoms with Crippen molar-refractivity contribution < 1.29 is 0 Å². The molecule has 0 bridgehead atoms. The molecule has 0 fully saturated rings. The summed E-state index contributed by atoms with van der Waals surface area (Å²) in [6.45, 7) is 5.32. The van der Waals surface area contributed by atoms with E-state index < -0.39 is 0 Å². The smallest absolute Gasteiger partial charge is 0.0285 e. The van der Waals surface area contributed by atoms with Crippen molar-refractivity contribution in [3.05, 3.63) is 20.8 Å². The van der Waals surface area contributed by atoms with Crippen molar-refractivity contribution >= 4 is 27.3 Å². The highest BCUT2D eigenvalue weighted by Crippen LogP contribution is 2.29. The predicted octanol–water partition coefficient (Wildman–Crippen LogP) is 3.43. The summed E-state index contributed by atoms with van der Waals surface area (Å²) in [4.78, 5) is 1.44. The molecule has 0 atom stereocenters. The molecule has 0 spiro atoms. The minimum absolute atomic E-state index is 0.332. The molecular formula is C10H16BrNS. The van der Waals surface area contributed by atoms with E-state index in [1.165, 1.54) is 9.35 Å². The number of hydrogen-bond donors (Lipinski definition) is 1. The van der Waals surface area contributed by atoms with Gasteiger partial charge in [-0.2, -0.15) is 0 Å². The topological polar surface area (TPSA) is 26.0 Å². The van der Waals surface area contributed by atoms with Crippen LogP contribution in [-0.4, -0.2) is 6.54 Å². The highest BCUT2D eigenvalue weighted by atomic mass is 79.9. The molecule has 2 N–H and O–H groups in total. The summed E-state index contributed by atoms with van der Waals surface area (Å²) in [7, 11) is 0. The zero-order chi connectivity index (χ0) is 9.90. The molecule has 0 unspecified atom stereocenters. The van der Waals surface area contributed by atoms with Crippen LogP contribution < -0.4 is 5.73 Å². The van der Waals surface area contributed by atoms with Gasteiger partial charge in [-0.25, -0.2) is 0 Å². The highest BCUT2D eigenvalue weighted by Gasteiger charge is 2.18. The van der Waals surface area contributed by atoms with Gasteiger partial charge in [0.25, 0.3) is 0 Å². The summed E-state index contributed by atoms with van der Waals surface area (Å²) in [5.74, 6) is 0. The van der Waals surface area contributed by atoms with Crippen molar-refractivity contribution in [3.8, 4) is 0 Å². The zero-order valence-corrected chi connectivity index (χ0v) is 10.5. The molecule has 1 nitrogen and oxygen atoms in total. The minimum atomic E-state index is 0.332. The quantitative estimate of drug-likeness (QED) is 0.883. The summed E-state index contributed by atoms with van der Waals surface area (Å²) < 4.78 is 1.19. The van der Waals surface area contributed by atoms with E-state index in [0.717, 1.165) is 19.4 Å². The van der Waals surface area contributed by atoms with Gasteiger partial charge in [-0.05, 0) is 46.8 Å². The standard InChI is InChI=1S/C10H16BrNS/c1-10(2,3-4-12)6-9-5-8(11)7-13-9/h5,7H,3-4,6,12H2,1-2H3. The minimum Gasteiger partial charge on any atom is -0.330 e. The fourth-order valence-electron chi connectivity index (χ4n) is 1.40. The molecule has 13 heavy (non-hydrogen) atoms. The molecule has 0 aliphatic heterocycles. The normalized spacial score (nSPS) is 12.0. The maximum absolute atomic E-state index is 5.57. The van der Waals surface area contributed by atoms with Gasteiger partial charge in [0.2, 0.25) is 0 Å². The van der Waals surface area contributed by atoms with E-state index in [0.29, 0.717) is 5.41 Å². The summed E-state index contributed by atoms with van der Waals surface area (Å²) >= 11 is 5.28. The Morgan fingerprint density at radius 1 is 1.54 bits per heavy atom. The van der Waals surface area contributed by atoms with Crippen LogP contribution in [-0.2, 0) is 6.42 Å². The van der Waals surface area contributed by atoms with E-state index >= 15 is 0 Å². The van der Waals surface area contributed by atoms with E-state index in [1.807, 2.05) is 11.3 Å². The van der Waals surface area contributed by atoms with E-state index in [-0.39, 0.29) is 0 Å². The lowest BCUT2D eigenvalue weighted by atomic mass is 9.85. The molecule has 3 heteroatoms. The Bertz CT molecular complexity index is 268. The lowest BCUT2D eigenvalue weighted by Crippen LogP contribution is -2.19. The molecule has 1 aromatic rings. The first-order valence-corrected chi connectivity index (χ1v) is 6.14. The van der Waals surface area contributed by atoms with Crippen LogP contribution in [0.25, 0.3) is 0 Å². The Morgan fingerprint density at radius 2 is 2.23 bits per heavy atom. The Kier molecular flexibility index (Phi) is 3.95. The first kappa shape index (κ1) is 11.2. The maximum Gasteiger partial charge on any atom is 0.0285 e. The number of thiophene rings is 1. The number of hydrogen-bond acceptors (Lipinski definition) is 2. The van der Waals surface area contributed by atoms with Gasteiger partial charge in [0.1, 0.15) is 0 Å². The average Bonchev–Trinajstić information content (AvgIpc) is 2.34. The second kappa shape index (κ2) is 4.58. The Labute approximate surface area is 92.5 Å². The van der Waals surface area contributed by atoms with Crippen molar-refractivity contribution in [2.45, 2.75) is 26.7 Å². The Morgan fingerprint density at radius 3 is 2.69 bits per heavy atom. The summed E-state index contributed by atoms with van der Waals surface area (Å²) in [5.41, 5.74) is 5.90. The van der Waals surface area contributed by atoms with Crippen LogP contribution in [0.5, 0.6) is 0 Å². The molecule has 0 aromatic carbocycles. The van der Waals surface area contributed by atoms with Crippen molar-refractivity contribution in [1.82, 2.24) is 0 Å². The molecule has 0 aliphatic rings. The van der Waals surface area contributed by atoms with Crippen molar-refractivity contribution in [2.75, 3.05) is 6.54 Å². The third-order valence-corrected chi connectivity index (χ3v) is 3.79. The molecular weight excluding hydrogens is 246 g/mol. The van der Waals surface area contributed by atoms with Crippen LogP contribution in [0, 0.1) is 5.41 Å². The average molecular weight is 262 g/mol. The molecule has 0 saturated heterocycles. The summed E-state index contributed by atoms with van der Waals surface area (Å²) in [6, 6.07) is 2.20. The second-order valence-electron chi connectivity index (χ2n) is 4.11. The van der Waals surface area contributed by atoms with E-state index in [2.05, 4.69) is 41.2 Å². The predicted molar refractivity (Wildman–Crippen MR) is 63.2 cm³/mol. The van der Waals surface area contributed by atoms with Crippen LogP contribution >= 0.6 is 27.3 Å². The van der Waals surface area contributed by atoms with Gasteiger partial charge in [-0.15, -0.1) is 11.3 Å². The molecule has 0 radical (unpaired) electrons. The van der Waals surface area contributed by atoms with Gasteiger partial charge in [0, 0.05) is 14.7 Å². The van der Waals surface area contributed by atoms with E-state index in [4.69, 9.17) is 5.73 Å². The third-order valence-electron chi connectivity index (χ3n) is 2.10. The van der Waals surface area contributed by atoms with Crippen LogP contribution in [0.2, 0.25) is 0 Å². The van der Waals surface area contributed by atoms with Gasteiger partial charge >= 0.3 is 0 Å².